The molecule has 1 fully saturated rings. The minimum Gasteiger partial charge on any atom is -0.300 e. The van der Waals surface area contributed by atoms with Crippen molar-refractivity contribution in [1.82, 2.24) is 19.6 Å². The van der Waals surface area contributed by atoms with Crippen LogP contribution in [-0.2, 0) is 13.1 Å². The molecule has 0 amide bonds. The maximum atomic E-state index is 13.2. The van der Waals surface area contributed by atoms with Crippen molar-refractivity contribution >= 4 is 10.8 Å². The predicted molar refractivity (Wildman–Crippen MR) is 130 cm³/mol. The van der Waals surface area contributed by atoms with Crippen LogP contribution in [0, 0.1) is 0 Å². The Hall–Kier alpha value is -3.28. The smallest absolute Gasteiger partial charge is 0.275 e. The SMILES string of the molecule is O=c1c2ccccc2c(-c2ccccc2)nn1CN1CCN(CCc2ccccc2)CC1. The monoisotopic (exact) mass is 424 g/mol. The van der Waals surface area contributed by atoms with Gasteiger partial charge in [-0.1, -0.05) is 78.9 Å². The van der Waals surface area contributed by atoms with Gasteiger partial charge in [0.15, 0.2) is 0 Å². The Morgan fingerprint density at radius 3 is 2.00 bits per heavy atom. The van der Waals surface area contributed by atoms with E-state index in [0.717, 1.165) is 61.2 Å². The molecule has 0 unspecified atom stereocenters. The average Bonchev–Trinajstić information content (AvgIpc) is 2.86. The Bertz CT molecular complexity index is 1230. The molecule has 5 heteroatoms. The summed E-state index contributed by atoms with van der Waals surface area (Å²) >= 11 is 0. The molecule has 1 saturated heterocycles. The Labute approximate surface area is 188 Å². The molecule has 0 spiro atoms. The van der Waals surface area contributed by atoms with Gasteiger partial charge < -0.3 is 4.90 Å². The summed E-state index contributed by atoms with van der Waals surface area (Å²) in [5.74, 6) is 0. The first-order valence-electron chi connectivity index (χ1n) is 11.3. The van der Waals surface area contributed by atoms with Gasteiger partial charge in [0, 0.05) is 43.7 Å². The highest BCUT2D eigenvalue weighted by Gasteiger charge is 2.19. The van der Waals surface area contributed by atoms with Crippen LogP contribution in [0.3, 0.4) is 0 Å². The molecule has 162 valence electrons. The summed E-state index contributed by atoms with van der Waals surface area (Å²) in [7, 11) is 0. The summed E-state index contributed by atoms with van der Waals surface area (Å²) < 4.78 is 1.64. The van der Waals surface area contributed by atoms with E-state index in [0.29, 0.717) is 6.67 Å². The quantitative estimate of drug-likeness (QED) is 0.471. The first-order chi connectivity index (χ1) is 15.8. The topological polar surface area (TPSA) is 41.4 Å². The molecule has 1 aliphatic heterocycles. The molecule has 1 aliphatic rings. The lowest BCUT2D eigenvalue weighted by Gasteiger charge is -2.34. The Kier molecular flexibility index (Phi) is 6.10. The third kappa shape index (κ3) is 4.49. The molecular weight excluding hydrogens is 396 g/mol. The van der Waals surface area contributed by atoms with E-state index < -0.39 is 0 Å². The van der Waals surface area contributed by atoms with Crippen molar-refractivity contribution in [3.8, 4) is 11.3 Å². The van der Waals surface area contributed by atoms with Crippen LogP contribution in [0.1, 0.15) is 5.56 Å². The number of hydrogen-bond acceptors (Lipinski definition) is 4. The highest BCUT2D eigenvalue weighted by atomic mass is 16.1. The van der Waals surface area contributed by atoms with Crippen molar-refractivity contribution in [1.29, 1.82) is 0 Å². The summed E-state index contributed by atoms with van der Waals surface area (Å²) in [5, 5.41) is 6.44. The number of hydrogen-bond donors (Lipinski definition) is 0. The summed E-state index contributed by atoms with van der Waals surface area (Å²) in [6, 6.07) is 28.6. The molecule has 1 aromatic heterocycles. The van der Waals surface area contributed by atoms with Crippen LogP contribution in [0.4, 0.5) is 0 Å². The van der Waals surface area contributed by atoms with Gasteiger partial charge in [0.05, 0.1) is 17.7 Å². The molecule has 5 nitrogen and oxygen atoms in total. The Balaban J connectivity index is 1.31. The number of rotatable bonds is 6. The van der Waals surface area contributed by atoms with Crippen molar-refractivity contribution in [2.45, 2.75) is 13.1 Å². The van der Waals surface area contributed by atoms with Gasteiger partial charge in [-0.05, 0) is 18.1 Å². The van der Waals surface area contributed by atoms with E-state index in [9.17, 15) is 4.79 Å². The fourth-order valence-electron chi connectivity index (χ4n) is 4.42. The lowest BCUT2D eigenvalue weighted by atomic mass is 10.1. The molecule has 4 aromatic rings. The fraction of sp³-hybridized carbons (Fsp3) is 0.259. The van der Waals surface area contributed by atoms with E-state index in [1.807, 2.05) is 42.5 Å². The minimum absolute atomic E-state index is 0.0215. The molecule has 3 aromatic carbocycles. The van der Waals surface area contributed by atoms with Crippen LogP contribution in [-0.4, -0.2) is 52.3 Å². The van der Waals surface area contributed by atoms with Gasteiger partial charge >= 0.3 is 0 Å². The van der Waals surface area contributed by atoms with E-state index in [1.165, 1.54) is 5.56 Å². The first-order valence-corrected chi connectivity index (χ1v) is 11.3. The fourth-order valence-corrected chi connectivity index (χ4v) is 4.42. The molecule has 0 saturated carbocycles. The maximum absolute atomic E-state index is 13.2. The Morgan fingerprint density at radius 1 is 0.688 bits per heavy atom. The second-order valence-electron chi connectivity index (χ2n) is 8.40. The summed E-state index contributed by atoms with van der Waals surface area (Å²) in [4.78, 5) is 18.0. The molecule has 0 radical (unpaired) electrons. The average molecular weight is 425 g/mol. The van der Waals surface area contributed by atoms with E-state index in [4.69, 9.17) is 5.10 Å². The zero-order valence-electron chi connectivity index (χ0n) is 18.2. The van der Waals surface area contributed by atoms with Crippen LogP contribution in [0.25, 0.3) is 22.0 Å². The van der Waals surface area contributed by atoms with Crippen molar-refractivity contribution in [3.05, 3.63) is 101 Å². The van der Waals surface area contributed by atoms with Gasteiger partial charge in [-0.25, -0.2) is 4.68 Å². The number of benzene rings is 3. The van der Waals surface area contributed by atoms with Crippen LogP contribution < -0.4 is 5.56 Å². The molecule has 2 heterocycles. The van der Waals surface area contributed by atoms with Crippen molar-refractivity contribution < 1.29 is 0 Å². The number of aromatic nitrogens is 2. The van der Waals surface area contributed by atoms with Crippen LogP contribution >= 0.6 is 0 Å². The lowest BCUT2D eigenvalue weighted by Crippen LogP contribution is -2.48. The van der Waals surface area contributed by atoms with Crippen molar-refractivity contribution in [3.63, 3.8) is 0 Å². The third-order valence-electron chi connectivity index (χ3n) is 6.27. The number of fused-ring (bicyclic) bond motifs is 1. The molecule has 32 heavy (non-hydrogen) atoms. The van der Waals surface area contributed by atoms with E-state index in [2.05, 4.69) is 52.3 Å². The lowest BCUT2D eigenvalue weighted by molar-refractivity contribution is 0.102. The van der Waals surface area contributed by atoms with Gasteiger partial charge in [-0.2, -0.15) is 5.10 Å². The largest absolute Gasteiger partial charge is 0.300 e. The van der Waals surface area contributed by atoms with Crippen LogP contribution in [0.5, 0.6) is 0 Å². The van der Waals surface area contributed by atoms with Gasteiger partial charge in [-0.15, -0.1) is 0 Å². The molecule has 0 atom stereocenters. The summed E-state index contributed by atoms with van der Waals surface area (Å²) in [6.07, 6.45) is 1.08. The zero-order valence-corrected chi connectivity index (χ0v) is 18.2. The third-order valence-corrected chi connectivity index (χ3v) is 6.27. The second kappa shape index (κ2) is 9.47. The van der Waals surface area contributed by atoms with Gasteiger partial charge in [0.1, 0.15) is 0 Å². The number of nitrogens with zero attached hydrogens (tertiary/aromatic N) is 4. The van der Waals surface area contributed by atoms with Crippen LogP contribution in [0.2, 0.25) is 0 Å². The van der Waals surface area contributed by atoms with E-state index in [1.54, 1.807) is 4.68 Å². The first kappa shape index (κ1) is 20.6. The second-order valence-corrected chi connectivity index (χ2v) is 8.40. The van der Waals surface area contributed by atoms with Gasteiger partial charge in [-0.3, -0.25) is 9.69 Å². The van der Waals surface area contributed by atoms with Crippen molar-refractivity contribution in [2.75, 3.05) is 32.7 Å². The van der Waals surface area contributed by atoms with Gasteiger partial charge in [0.2, 0.25) is 0 Å². The van der Waals surface area contributed by atoms with Crippen LogP contribution in [0.15, 0.2) is 89.7 Å². The highest BCUT2D eigenvalue weighted by molar-refractivity contribution is 5.93. The summed E-state index contributed by atoms with van der Waals surface area (Å²) in [5.41, 5.74) is 3.26. The molecular formula is C27H28N4O. The maximum Gasteiger partial charge on any atom is 0.275 e. The van der Waals surface area contributed by atoms with E-state index in [-0.39, 0.29) is 5.56 Å². The zero-order chi connectivity index (χ0) is 21.8. The van der Waals surface area contributed by atoms with Crippen molar-refractivity contribution in [2.24, 2.45) is 0 Å². The van der Waals surface area contributed by atoms with Gasteiger partial charge in [0.25, 0.3) is 5.56 Å². The molecule has 0 aliphatic carbocycles. The number of piperazine rings is 1. The molecule has 5 rings (SSSR count). The summed E-state index contributed by atoms with van der Waals surface area (Å²) in [6.45, 7) is 5.51. The molecule has 0 N–H and O–H groups in total. The standard InChI is InChI=1S/C27H28N4O/c32-27-25-14-8-7-13-24(25)26(23-11-5-2-6-12-23)28-31(27)21-30-19-17-29(18-20-30)16-15-22-9-3-1-4-10-22/h1-14H,15-21H2. The predicted octanol–water partition coefficient (Wildman–Crippen LogP) is 3.88. The van der Waals surface area contributed by atoms with E-state index >= 15 is 0 Å². The minimum atomic E-state index is -0.0215. The Morgan fingerprint density at radius 2 is 1.28 bits per heavy atom. The molecule has 0 bridgehead atoms. The highest BCUT2D eigenvalue weighted by Crippen LogP contribution is 2.24. The normalized spacial score (nSPS) is 15.2.